The van der Waals surface area contributed by atoms with Crippen LogP contribution in [0.5, 0.6) is 0 Å². The summed E-state index contributed by atoms with van der Waals surface area (Å²) in [6.45, 7) is 0. The maximum Gasteiger partial charge on any atom is 0.230 e. The summed E-state index contributed by atoms with van der Waals surface area (Å²) in [6.07, 6.45) is 0.980. The summed E-state index contributed by atoms with van der Waals surface area (Å²) < 4.78 is 56.4. The van der Waals surface area contributed by atoms with Gasteiger partial charge in [0.05, 0.1) is 10.5 Å². The van der Waals surface area contributed by atoms with Crippen LogP contribution in [0.2, 0.25) is 0 Å². The first-order valence-corrected chi connectivity index (χ1v) is 8.70. The van der Waals surface area contributed by atoms with Crippen LogP contribution >= 0.6 is 15.9 Å². The van der Waals surface area contributed by atoms with Crippen LogP contribution in [-0.2, 0) is 9.84 Å². The predicted molar refractivity (Wildman–Crippen MR) is 80.2 cm³/mol. The zero-order valence-corrected chi connectivity index (χ0v) is 13.5. The molecule has 3 rings (SSSR count). The van der Waals surface area contributed by atoms with Crippen molar-refractivity contribution in [2.75, 3.05) is 6.26 Å². The molecule has 1 heterocycles. The highest BCUT2D eigenvalue weighted by Gasteiger charge is 2.18. The van der Waals surface area contributed by atoms with E-state index in [1.165, 1.54) is 24.3 Å². The summed E-state index contributed by atoms with van der Waals surface area (Å²) in [5, 5.41) is 0. The first kappa shape index (κ1) is 15.1. The Bertz CT molecular complexity index is 999. The minimum Gasteiger partial charge on any atom is -0.433 e. The minimum atomic E-state index is -3.52. The number of sulfone groups is 1. The molecule has 114 valence electrons. The molecule has 0 atom stereocenters. The molecule has 0 bridgehead atoms. The fourth-order valence-corrected chi connectivity index (χ4v) is 3.03. The van der Waals surface area contributed by atoms with Crippen LogP contribution < -0.4 is 0 Å². The zero-order valence-electron chi connectivity index (χ0n) is 11.1. The van der Waals surface area contributed by atoms with E-state index in [-0.39, 0.29) is 27.4 Å². The molecule has 3 aromatic rings. The number of benzene rings is 2. The molecule has 0 saturated carbocycles. The topological polar surface area (TPSA) is 60.2 Å². The van der Waals surface area contributed by atoms with Gasteiger partial charge in [0, 0.05) is 10.7 Å². The van der Waals surface area contributed by atoms with Gasteiger partial charge in [-0.1, -0.05) is 15.9 Å². The molecule has 0 aliphatic rings. The van der Waals surface area contributed by atoms with Crippen LogP contribution in [0.3, 0.4) is 0 Å². The monoisotopic (exact) mass is 387 g/mol. The van der Waals surface area contributed by atoms with Gasteiger partial charge in [-0.15, -0.1) is 0 Å². The van der Waals surface area contributed by atoms with E-state index in [9.17, 15) is 17.2 Å². The Morgan fingerprint density at radius 2 is 1.86 bits per heavy atom. The Balaban J connectivity index is 2.18. The Labute approximate surface area is 132 Å². The van der Waals surface area contributed by atoms with Crippen LogP contribution in [0.15, 0.2) is 44.1 Å². The molecule has 22 heavy (non-hydrogen) atoms. The zero-order chi connectivity index (χ0) is 16.1. The summed E-state index contributed by atoms with van der Waals surface area (Å²) in [4.78, 5) is 3.88. The van der Waals surface area contributed by atoms with E-state index in [0.717, 1.165) is 12.3 Å². The SMILES string of the molecule is CS(=O)(=O)c1ccc(-c2nc3cc(Br)cc(F)c3o2)c(F)c1. The molecule has 0 radical (unpaired) electrons. The van der Waals surface area contributed by atoms with E-state index in [1.54, 1.807) is 0 Å². The number of oxazole rings is 1. The molecule has 0 N–H and O–H groups in total. The smallest absolute Gasteiger partial charge is 0.230 e. The number of halogens is 3. The van der Waals surface area contributed by atoms with E-state index in [1.807, 2.05) is 0 Å². The first-order chi connectivity index (χ1) is 10.3. The van der Waals surface area contributed by atoms with Crippen molar-refractivity contribution in [1.29, 1.82) is 0 Å². The molecule has 0 unspecified atom stereocenters. The molecule has 4 nitrogen and oxygen atoms in total. The van der Waals surface area contributed by atoms with Crippen LogP contribution in [0.4, 0.5) is 8.78 Å². The van der Waals surface area contributed by atoms with Gasteiger partial charge in [-0.2, -0.15) is 0 Å². The lowest BCUT2D eigenvalue weighted by molar-refractivity contribution is 0.556. The van der Waals surface area contributed by atoms with E-state index in [4.69, 9.17) is 4.42 Å². The molecule has 0 amide bonds. The number of aromatic nitrogens is 1. The largest absolute Gasteiger partial charge is 0.433 e. The van der Waals surface area contributed by atoms with Gasteiger partial charge in [-0.05, 0) is 30.3 Å². The van der Waals surface area contributed by atoms with Gasteiger partial charge in [-0.3, -0.25) is 0 Å². The van der Waals surface area contributed by atoms with Crippen molar-refractivity contribution in [1.82, 2.24) is 4.98 Å². The van der Waals surface area contributed by atoms with Gasteiger partial charge < -0.3 is 4.42 Å². The third-order valence-corrected chi connectivity index (χ3v) is 4.58. The van der Waals surface area contributed by atoms with Gasteiger partial charge in [0.2, 0.25) is 5.89 Å². The molecule has 8 heteroatoms. The third kappa shape index (κ3) is 2.64. The van der Waals surface area contributed by atoms with Crippen molar-refractivity contribution < 1.29 is 21.6 Å². The summed E-state index contributed by atoms with van der Waals surface area (Å²) in [5.41, 5.74) is 0.0948. The molecular formula is C14H8BrF2NO3S. The van der Waals surface area contributed by atoms with E-state index >= 15 is 0 Å². The van der Waals surface area contributed by atoms with Crippen molar-refractivity contribution in [3.63, 3.8) is 0 Å². The Morgan fingerprint density at radius 1 is 1.14 bits per heavy atom. The highest BCUT2D eigenvalue weighted by molar-refractivity contribution is 9.10. The standard InChI is InChI=1S/C14H8BrF2NO3S/c1-22(19,20)8-2-3-9(10(16)6-8)14-18-12-5-7(15)4-11(17)13(12)21-14/h2-6H,1H3. The molecule has 0 saturated heterocycles. The summed E-state index contributed by atoms with van der Waals surface area (Å²) >= 11 is 3.13. The van der Waals surface area contributed by atoms with Gasteiger partial charge in [0.25, 0.3) is 0 Å². The van der Waals surface area contributed by atoms with Crippen LogP contribution in [0, 0.1) is 11.6 Å². The second-order valence-electron chi connectivity index (χ2n) is 4.67. The van der Waals surface area contributed by atoms with Crippen molar-refractivity contribution in [3.8, 4) is 11.5 Å². The van der Waals surface area contributed by atoms with Crippen LogP contribution in [0.1, 0.15) is 0 Å². The first-order valence-electron chi connectivity index (χ1n) is 6.01. The molecule has 0 aliphatic heterocycles. The fraction of sp³-hybridized carbons (Fsp3) is 0.0714. The summed E-state index contributed by atoms with van der Waals surface area (Å²) in [5.74, 6) is -1.56. The Kier molecular flexibility index (Phi) is 3.53. The van der Waals surface area contributed by atoms with Crippen LogP contribution in [0.25, 0.3) is 22.6 Å². The highest BCUT2D eigenvalue weighted by atomic mass is 79.9. The minimum absolute atomic E-state index is 0.0425. The average Bonchev–Trinajstić information content (AvgIpc) is 2.81. The fourth-order valence-electron chi connectivity index (χ4n) is 1.97. The molecule has 0 spiro atoms. The molecule has 1 aromatic heterocycles. The molecule has 0 fully saturated rings. The molecule has 0 aliphatic carbocycles. The second-order valence-corrected chi connectivity index (χ2v) is 7.60. The maximum absolute atomic E-state index is 14.1. The van der Waals surface area contributed by atoms with Gasteiger partial charge >= 0.3 is 0 Å². The molecular weight excluding hydrogens is 380 g/mol. The second kappa shape index (κ2) is 5.13. The van der Waals surface area contributed by atoms with Crippen molar-refractivity contribution in [2.24, 2.45) is 0 Å². The lowest BCUT2D eigenvalue weighted by atomic mass is 10.2. The Hall–Kier alpha value is -1.80. The van der Waals surface area contributed by atoms with E-state index in [0.29, 0.717) is 4.47 Å². The normalized spacial score (nSPS) is 12.0. The third-order valence-electron chi connectivity index (χ3n) is 3.01. The maximum atomic E-state index is 14.1. The Morgan fingerprint density at radius 3 is 2.50 bits per heavy atom. The number of hydrogen-bond donors (Lipinski definition) is 0. The van der Waals surface area contributed by atoms with E-state index < -0.39 is 21.5 Å². The van der Waals surface area contributed by atoms with Crippen molar-refractivity contribution in [3.05, 3.63) is 46.4 Å². The van der Waals surface area contributed by atoms with E-state index in [2.05, 4.69) is 20.9 Å². The van der Waals surface area contributed by atoms with Crippen LogP contribution in [-0.4, -0.2) is 19.7 Å². The number of hydrogen-bond acceptors (Lipinski definition) is 4. The number of nitrogens with zero attached hydrogens (tertiary/aromatic N) is 1. The number of fused-ring (bicyclic) bond motifs is 1. The predicted octanol–water partition coefficient (Wildman–Crippen LogP) is 3.94. The molecule has 2 aromatic carbocycles. The van der Waals surface area contributed by atoms with Gasteiger partial charge in [-0.25, -0.2) is 22.2 Å². The van der Waals surface area contributed by atoms with Gasteiger partial charge in [0.15, 0.2) is 21.2 Å². The average molecular weight is 388 g/mol. The number of rotatable bonds is 2. The summed E-state index contributed by atoms with van der Waals surface area (Å²) in [7, 11) is -3.52. The van der Waals surface area contributed by atoms with Crippen molar-refractivity contribution >= 4 is 36.9 Å². The quantitative estimate of drug-likeness (QED) is 0.667. The summed E-state index contributed by atoms with van der Waals surface area (Å²) in [6, 6.07) is 6.11. The van der Waals surface area contributed by atoms with Gasteiger partial charge in [0.1, 0.15) is 11.3 Å². The lowest BCUT2D eigenvalue weighted by Crippen LogP contribution is -1.98. The highest BCUT2D eigenvalue weighted by Crippen LogP contribution is 2.30. The lowest BCUT2D eigenvalue weighted by Gasteiger charge is -2.01. The van der Waals surface area contributed by atoms with Crippen molar-refractivity contribution in [2.45, 2.75) is 4.90 Å².